The van der Waals surface area contributed by atoms with E-state index in [1.807, 2.05) is 60.5 Å². The standard InChI is InChI=1S/C29H32N2O3/c1-3-16-31-17-15-29-21-10-11-22(30(2)26(33)14-9-19-7-5-4-6-8-19)28(29)34-25-13-12-24(32)20(27(25)29)18-23(21)31/h3-9,12-14,21-23,28,32H,1,10-11,15-18H2,2H3/t21-,22-,23+,28-,29-/m0/s1. The van der Waals surface area contributed by atoms with Crippen molar-refractivity contribution in [2.45, 2.75) is 49.3 Å². The maximum atomic E-state index is 13.2. The van der Waals surface area contributed by atoms with Gasteiger partial charge in [-0.1, -0.05) is 36.4 Å². The Bertz CT molecular complexity index is 1160. The lowest BCUT2D eigenvalue weighted by Crippen LogP contribution is -2.68. The molecule has 2 aromatic rings. The van der Waals surface area contributed by atoms with Crippen molar-refractivity contribution >= 4 is 12.0 Å². The minimum absolute atomic E-state index is 0.00258. The Morgan fingerprint density at radius 3 is 2.88 bits per heavy atom. The van der Waals surface area contributed by atoms with Gasteiger partial charge >= 0.3 is 0 Å². The lowest BCUT2D eigenvalue weighted by atomic mass is 9.51. The summed E-state index contributed by atoms with van der Waals surface area (Å²) in [5.41, 5.74) is 3.14. The Morgan fingerprint density at radius 1 is 1.26 bits per heavy atom. The molecule has 2 aliphatic carbocycles. The van der Waals surface area contributed by atoms with Crippen LogP contribution in [0.4, 0.5) is 0 Å². The van der Waals surface area contributed by atoms with Gasteiger partial charge in [0.25, 0.3) is 0 Å². The molecule has 5 atom stereocenters. The molecule has 6 rings (SSSR count). The van der Waals surface area contributed by atoms with Crippen molar-refractivity contribution in [1.29, 1.82) is 0 Å². The van der Waals surface area contributed by atoms with Gasteiger partial charge in [0.1, 0.15) is 17.6 Å². The number of likely N-dealkylation sites (tertiary alicyclic amines) is 1. The summed E-state index contributed by atoms with van der Waals surface area (Å²) in [4.78, 5) is 17.6. The molecule has 1 spiro atoms. The van der Waals surface area contributed by atoms with Crippen LogP contribution < -0.4 is 4.74 Å². The monoisotopic (exact) mass is 456 g/mol. The summed E-state index contributed by atoms with van der Waals surface area (Å²) < 4.78 is 6.71. The van der Waals surface area contributed by atoms with Crippen molar-refractivity contribution in [2.75, 3.05) is 20.1 Å². The molecule has 0 unspecified atom stereocenters. The molecule has 2 heterocycles. The van der Waals surface area contributed by atoms with Crippen LogP contribution in [0.5, 0.6) is 11.5 Å². The smallest absolute Gasteiger partial charge is 0.246 e. The maximum Gasteiger partial charge on any atom is 0.246 e. The number of phenolic OH excluding ortho intramolecular Hbond substituents is 1. The number of carbonyl (C=O) groups is 1. The van der Waals surface area contributed by atoms with Gasteiger partial charge in [-0.15, -0.1) is 6.58 Å². The van der Waals surface area contributed by atoms with Gasteiger partial charge in [0.05, 0.1) is 6.04 Å². The molecule has 34 heavy (non-hydrogen) atoms. The highest BCUT2D eigenvalue weighted by molar-refractivity contribution is 5.92. The van der Waals surface area contributed by atoms with Crippen molar-refractivity contribution < 1.29 is 14.6 Å². The molecule has 1 N–H and O–H groups in total. The molecule has 4 aliphatic rings. The number of amides is 1. The average molecular weight is 457 g/mol. The maximum absolute atomic E-state index is 13.2. The number of ether oxygens (including phenoxy) is 1. The number of likely N-dealkylation sites (N-methyl/N-ethyl adjacent to an activating group) is 1. The molecular formula is C29H32N2O3. The number of hydrogen-bond acceptors (Lipinski definition) is 4. The second kappa shape index (κ2) is 8.02. The van der Waals surface area contributed by atoms with Crippen molar-refractivity contribution in [3.8, 4) is 11.5 Å². The zero-order valence-corrected chi connectivity index (χ0v) is 19.7. The molecule has 5 nitrogen and oxygen atoms in total. The van der Waals surface area contributed by atoms with Crippen LogP contribution in [-0.2, 0) is 16.6 Å². The van der Waals surface area contributed by atoms with E-state index in [0.29, 0.717) is 17.7 Å². The van der Waals surface area contributed by atoms with Crippen molar-refractivity contribution in [3.05, 3.63) is 77.9 Å². The predicted molar refractivity (Wildman–Crippen MR) is 133 cm³/mol. The van der Waals surface area contributed by atoms with E-state index in [4.69, 9.17) is 4.74 Å². The van der Waals surface area contributed by atoms with Gasteiger partial charge in [-0.2, -0.15) is 0 Å². The highest BCUT2D eigenvalue weighted by Crippen LogP contribution is 2.63. The van der Waals surface area contributed by atoms with Crippen LogP contribution in [0.2, 0.25) is 0 Å². The summed E-state index contributed by atoms with van der Waals surface area (Å²) in [5.74, 6) is 1.75. The number of hydrogen-bond donors (Lipinski definition) is 1. The third-order valence-corrected chi connectivity index (χ3v) is 8.85. The minimum atomic E-state index is -0.148. The molecule has 1 amide bonds. The summed E-state index contributed by atoms with van der Waals surface area (Å²) in [6, 6.07) is 14.0. The molecule has 1 saturated carbocycles. The zero-order chi connectivity index (χ0) is 23.4. The number of rotatable bonds is 5. The summed E-state index contributed by atoms with van der Waals surface area (Å²) >= 11 is 0. The summed E-state index contributed by atoms with van der Waals surface area (Å²) in [6.45, 7) is 5.83. The van der Waals surface area contributed by atoms with Crippen LogP contribution in [-0.4, -0.2) is 59.1 Å². The number of piperidine rings is 1. The van der Waals surface area contributed by atoms with E-state index < -0.39 is 0 Å². The minimum Gasteiger partial charge on any atom is -0.508 e. The molecule has 2 aromatic carbocycles. The van der Waals surface area contributed by atoms with Crippen LogP contribution in [0.15, 0.2) is 61.2 Å². The molecule has 0 aromatic heterocycles. The molecular weight excluding hydrogens is 424 g/mol. The van der Waals surface area contributed by atoms with Crippen LogP contribution in [0.3, 0.4) is 0 Å². The predicted octanol–water partition coefficient (Wildman–Crippen LogP) is 4.16. The van der Waals surface area contributed by atoms with Gasteiger partial charge < -0.3 is 14.7 Å². The highest BCUT2D eigenvalue weighted by Gasteiger charge is 2.66. The number of phenols is 1. The van der Waals surface area contributed by atoms with Crippen LogP contribution in [0.1, 0.15) is 36.0 Å². The van der Waals surface area contributed by atoms with Gasteiger partial charge in [0.15, 0.2) is 0 Å². The molecule has 2 fully saturated rings. The second-order valence-electron chi connectivity index (χ2n) is 10.3. The topological polar surface area (TPSA) is 53.0 Å². The lowest BCUT2D eigenvalue weighted by molar-refractivity contribution is -0.135. The first kappa shape index (κ1) is 21.5. The molecule has 5 heteroatoms. The number of carbonyl (C=O) groups excluding carboxylic acids is 1. The number of nitrogens with zero attached hydrogens (tertiary/aromatic N) is 2. The summed E-state index contributed by atoms with van der Waals surface area (Å²) in [5, 5.41) is 10.8. The Morgan fingerprint density at radius 2 is 2.09 bits per heavy atom. The van der Waals surface area contributed by atoms with Crippen molar-refractivity contribution in [3.63, 3.8) is 0 Å². The van der Waals surface area contributed by atoms with E-state index >= 15 is 0 Å². The quantitative estimate of drug-likeness (QED) is 0.542. The van der Waals surface area contributed by atoms with Crippen molar-refractivity contribution in [1.82, 2.24) is 9.80 Å². The van der Waals surface area contributed by atoms with E-state index in [9.17, 15) is 9.90 Å². The fourth-order valence-electron chi connectivity index (χ4n) is 7.41. The van der Waals surface area contributed by atoms with Gasteiger partial charge in [-0.05, 0) is 61.9 Å². The van der Waals surface area contributed by atoms with E-state index in [1.54, 1.807) is 12.1 Å². The third-order valence-electron chi connectivity index (χ3n) is 8.85. The molecule has 2 aliphatic heterocycles. The Kier molecular flexibility index (Phi) is 5.07. The number of aromatic hydroxyl groups is 1. The van der Waals surface area contributed by atoms with Crippen LogP contribution in [0, 0.1) is 5.92 Å². The van der Waals surface area contributed by atoms with E-state index in [-0.39, 0.29) is 23.5 Å². The normalized spacial score (nSPS) is 31.1. The SMILES string of the molecule is C=CCN1CC[C@@]23c4c5ccc(O)c4C[C@@H]1[C@@H]2CC[C@H](N(C)C(=O)C=Cc1ccccc1)[C@@H]3O5. The molecule has 0 radical (unpaired) electrons. The third kappa shape index (κ3) is 2.99. The van der Waals surface area contributed by atoms with Crippen molar-refractivity contribution in [2.24, 2.45) is 5.92 Å². The van der Waals surface area contributed by atoms with Gasteiger partial charge in [-0.25, -0.2) is 0 Å². The van der Waals surface area contributed by atoms with Gasteiger partial charge in [0.2, 0.25) is 5.91 Å². The summed E-state index contributed by atoms with van der Waals surface area (Å²) in [6.07, 6.45) is 9.27. The zero-order valence-electron chi connectivity index (χ0n) is 19.7. The average Bonchev–Trinajstić information content (AvgIpc) is 3.19. The van der Waals surface area contributed by atoms with E-state index in [1.165, 1.54) is 5.56 Å². The fraction of sp³-hybridized carbons (Fsp3) is 0.414. The Balaban J connectivity index is 1.36. The lowest BCUT2D eigenvalue weighted by Gasteiger charge is -2.60. The molecule has 176 valence electrons. The fourth-order valence-corrected chi connectivity index (χ4v) is 7.41. The number of benzene rings is 2. The van der Waals surface area contributed by atoms with Crippen LogP contribution >= 0.6 is 0 Å². The van der Waals surface area contributed by atoms with Gasteiger partial charge in [-0.3, -0.25) is 9.69 Å². The van der Waals surface area contributed by atoms with E-state index in [0.717, 1.165) is 55.6 Å². The first-order chi connectivity index (χ1) is 16.5. The highest BCUT2D eigenvalue weighted by atomic mass is 16.5. The first-order valence-corrected chi connectivity index (χ1v) is 12.4. The summed E-state index contributed by atoms with van der Waals surface area (Å²) in [7, 11) is 1.91. The molecule has 1 saturated heterocycles. The van der Waals surface area contributed by atoms with Gasteiger partial charge in [0, 0.05) is 42.3 Å². The molecule has 2 bridgehead atoms. The first-order valence-electron chi connectivity index (χ1n) is 12.4. The Hall–Kier alpha value is -3.05. The van der Waals surface area contributed by atoms with E-state index in [2.05, 4.69) is 11.5 Å². The Labute approximate surface area is 201 Å². The largest absolute Gasteiger partial charge is 0.508 e. The van der Waals surface area contributed by atoms with Crippen LogP contribution in [0.25, 0.3) is 6.08 Å². The second-order valence-corrected chi connectivity index (χ2v) is 10.3.